The van der Waals surface area contributed by atoms with E-state index in [9.17, 15) is 9.59 Å². The number of nitrogens with two attached hydrogens (primary N) is 1. The van der Waals surface area contributed by atoms with Gasteiger partial charge >= 0.3 is 5.97 Å². The number of fused-ring (bicyclic) bond motifs is 1. The molecule has 0 saturated heterocycles. The van der Waals surface area contributed by atoms with Crippen molar-refractivity contribution in [3.05, 3.63) is 23.9 Å². The van der Waals surface area contributed by atoms with E-state index in [4.69, 9.17) is 19.9 Å². The molecule has 0 aliphatic carbocycles. The summed E-state index contributed by atoms with van der Waals surface area (Å²) in [6.45, 7) is 3.81. The van der Waals surface area contributed by atoms with Gasteiger partial charge < -0.3 is 19.9 Å². The molecule has 0 radical (unpaired) electrons. The van der Waals surface area contributed by atoms with Gasteiger partial charge in [0, 0.05) is 5.56 Å². The van der Waals surface area contributed by atoms with Gasteiger partial charge in [-0.15, -0.1) is 5.10 Å². The predicted molar refractivity (Wildman–Crippen MR) is 86.1 cm³/mol. The van der Waals surface area contributed by atoms with Gasteiger partial charge in [-0.3, -0.25) is 4.79 Å². The highest BCUT2D eigenvalue weighted by Gasteiger charge is 2.29. The maximum absolute atomic E-state index is 12.3. The number of carbonyl (C=O) groups is 2. The summed E-state index contributed by atoms with van der Waals surface area (Å²) in [5.74, 6) is -0.0554. The van der Waals surface area contributed by atoms with Crippen molar-refractivity contribution in [1.29, 1.82) is 0 Å². The van der Waals surface area contributed by atoms with Crippen LogP contribution in [0.15, 0.2) is 18.2 Å². The Morgan fingerprint density at radius 3 is 2.76 bits per heavy atom. The van der Waals surface area contributed by atoms with Crippen molar-refractivity contribution < 1.29 is 23.8 Å². The number of rotatable bonds is 6. The van der Waals surface area contributed by atoms with Crippen molar-refractivity contribution in [3.63, 3.8) is 0 Å². The smallest absolute Gasteiger partial charge is 0.361 e. The fraction of sp³-hybridized carbons (Fsp3) is 0.375. The van der Waals surface area contributed by atoms with Gasteiger partial charge in [-0.25, -0.2) is 9.48 Å². The molecule has 0 spiro atoms. The summed E-state index contributed by atoms with van der Waals surface area (Å²) in [7, 11) is 0. The van der Waals surface area contributed by atoms with Crippen LogP contribution in [0.25, 0.3) is 11.3 Å². The van der Waals surface area contributed by atoms with Crippen LogP contribution in [0.4, 0.5) is 0 Å². The number of hydrogen-bond acceptors (Lipinski definition) is 7. The molecule has 1 aromatic heterocycles. The summed E-state index contributed by atoms with van der Waals surface area (Å²) in [5.41, 5.74) is 6.43. The number of carbonyl (C=O) groups excluding carboxylic acids is 2. The zero-order valence-corrected chi connectivity index (χ0v) is 13.9. The molecular weight excluding hydrogens is 328 g/mol. The lowest BCUT2D eigenvalue weighted by Crippen LogP contribution is -2.27. The van der Waals surface area contributed by atoms with Crippen molar-refractivity contribution in [3.8, 4) is 22.8 Å². The Kier molecular flexibility index (Phi) is 4.55. The molecule has 2 aromatic rings. The highest BCUT2D eigenvalue weighted by Crippen LogP contribution is 2.37. The lowest BCUT2D eigenvalue weighted by Gasteiger charge is -2.15. The second-order valence-electron chi connectivity index (χ2n) is 5.35. The van der Waals surface area contributed by atoms with Crippen molar-refractivity contribution in [2.24, 2.45) is 5.73 Å². The van der Waals surface area contributed by atoms with Crippen LogP contribution in [0.1, 0.15) is 36.8 Å². The van der Waals surface area contributed by atoms with Gasteiger partial charge in [-0.2, -0.15) is 0 Å². The fourth-order valence-electron chi connectivity index (χ4n) is 2.66. The molecule has 3 rings (SSSR count). The summed E-state index contributed by atoms with van der Waals surface area (Å²) >= 11 is 0. The third kappa shape index (κ3) is 3.00. The van der Waals surface area contributed by atoms with Crippen molar-refractivity contribution in [2.75, 3.05) is 13.4 Å². The minimum atomic E-state index is -0.740. The number of benzene rings is 1. The SMILES string of the molecule is CCOC(=O)c1nnn([C@H](CC)C(N)=O)c1-c1ccc2c(c1)OCO2. The Morgan fingerprint density at radius 1 is 1.32 bits per heavy atom. The largest absolute Gasteiger partial charge is 0.461 e. The Balaban J connectivity index is 2.15. The Labute approximate surface area is 143 Å². The van der Waals surface area contributed by atoms with Gasteiger partial charge in [0.2, 0.25) is 12.7 Å². The normalized spacial score (nSPS) is 13.5. The Morgan fingerprint density at radius 2 is 2.08 bits per heavy atom. The first kappa shape index (κ1) is 16.7. The van der Waals surface area contributed by atoms with E-state index in [0.717, 1.165) is 0 Å². The molecular formula is C16H18N4O5. The van der Waals surface area contributed by atoms with Gasteiger partial charge in [-0.05, 0) is 31.5 Å². The molecule has 0 fully saturated rings. The molecule has 2 heterocycles. The van der Waals surface area contributed by atoms with E-state index in [1.807, 2.05) is 0 Å². The molecule has 1 aliphatic heterocycles. The van der Waals surface area contributed by atoms with E-state index in [1.165, 1.54) is 4.68 Å². The van der Waals surface area contributed by atoms with E-state index < -0.39 is 17.9 Å². The second-order valence-corrected chi connectivity index (χ2v) is 5.35. The van der Waals surface area contributed by atoms with Crippen LogP contribution in [-0.4, -0.2) is 40.3 Å². The minimum absolute atomic E-state index is 0.0143. The summed E-state index contributed by atoms with van der Waals surface area (Å²) in [6.07, 6.45) is 0.401. The number of ether oxygens (including phenoxy) is 3. The molecule has 9 nitrogen and oxygen atoms in total. The molecule has 0 saturated carbocycles. The highest BCUT2D eigenvalue weighted by atomic mass is 16.7. The maximum atomic E-state index is 12.3. The Bertz CT molecular complexity index is 817. The zero-order chi connectivity index (χ0) is 18.0. The number of esters is 1. The first-order chi connectivity index (χ1) is 12.1. The monoisotopic (exact) mass is 346 g/mol. The standard InChI is InChI=1S/C16H18N4O5/c1-3-10(15(17)21)20-14(13(18-19-20)16(22)23-4-2)9-5-6-11-12(7-9)25-8-24-11/h5-7,10H,3-4,8H2,1-2H3,(H2,17,21)/t10-/m1/s1. The van der Waals surface area contributed by atoms with Gasteiger partial charge in [0.1, 0.15) is 11.7 Å². The van der Waals surface area contributed by atoms with Crippen LogP contribution in [0.5, 0.6) is 11.5 Å². The average molecular weight is 346 g/mol. The summed E-state index contributed by atoms with van der Waals surface area (Å²) in [5, 5.41) is 7.89. The fourth-order valence-corrected chi connectivity index (χ4v) is 2.66. The molecule has 1 aliphatic rings. The van der Waals surface area contributed by atoms with E-state index in [2.05, 4.69) is 10.3 Å². The zero-order valence-electron chi connectivity index (χ0n) is 13.9. The number of aromatic nitrogens is 3. The van der Waals surface area contributed by atoms with Crippen molar-refractivity contribution >= 4 is 11.9 Å². The van der Waals surface area contributed by atoms with Crippen LogP contribution in [0, 0.1) is 0 Å². The van der Waals surface area contributed by atoms with E-state index in [-0.39, 0.29) is 19.1 Å². The van der Waals surface area contributed by atoms with E-state index in [1.54, 1.807) is 32.0 Å². The summed E-state index contributed by atoms with van der Waals surface area (Å²) < 4.78 is 17.1. The van der Waals surface area contributed by atoms with Crippen LogP contribution in [0.3, 0.4) is 0 Å². The molecule has 9 heteroatoms. The summed E-state index contributed by atoms with van der Waals surface area (Å²) in [6, 6.07) is 4.42. The first-order valence-electron chi connectivity index (χ1n) is 7.88. The molecule has 0 bridgehead atoms. The van der Waals surface area contributed by atoms with E-state index >= 15 is 0 Å². The molecule has 1 aromatic carbocycles. The quantitative estimate of drug-likeness (QED) is 0.783. The highest BCUT2D eigenvalue weighted by molar-refractivity contribution is 5.94. The van der Waals surface area contributed by atoms with Crippen molar-refractivity contribution in [2.45, 2.75) is 26.3 Å². The number of nitrogens with zero attached hydrogens (tertiary/aromatic N) is 3. The number of hydrogen-bond donors (Lipinski definition) is 1. The van der Waals surface area contributed by atoms with Crippen LogP contribution >= 0.6 is 0 Å². The van der Waals surface area contributed by atoms with Gasteiger partial charge in [0.05, 0.1) is 6.61 Å². The predicted octanol–water partition coefficient (Wildman–Crippen LogP) is 1.29. The van der Waals surface area contributed by atoms with Crippen LogP contribution in [0.2, 0.25) is 0 Å². The Hall–Kier alpha value is -3.10. The van der Waals surface area contributed by atoms with Crippen molar-refractivity contribution in [1.82, 2.24) is 15.0 Å². The molecule has 0 unspecified atom stereocenters. The minimum Gasteiger partial charge on any atom is -0.461 e. The second kappa shape index (κ2) is 6.80. The molecule has 1 amide bonds. The lowest BCUT2D eigenvalue weighted by atomic mass is 10.1. The summed E-state index contributed by atoms with van der Waals surface area (Å²) in [4.78, 5) is 24.0. The van der Waals surface area contributed by atoms with Gasteiger partial charge in [0.15, 0.2) is 17.2 Å². The third-order valence-electron chi connectivity index (χ3n) is 3.82. The van der Waals surface area contributed by atoms with Gasteiger partial charge in [-0.1, -0.05) is 12.1 Å². The maximum Gasteiger partial charge on any atom is 0.361 e. The van der Waals surface area contributed by atoms with Crippen LogP contribution < -0.4 is 15.2 Å². The molecule has 2 N–H and O–H groups in total. The third-order valence-corrected chi connectivity index (χ3v) is 3.82. The lowest BCUT2D eigenvalue weighted by molar-refractivity contribution is -0.121. The molecule has 132 valence electrons. The van der Waals surface area contributed by atoms with Gasteiger partial charge in [0.25, 0.3) is 0 Å². The topological polar surface area (TPSA) is 119 Å². The number of amides is 1. The number of primary amides is 1. The first-order valence-corrected chi connectivity index (χ1v) is 7.88. The van der Waals surface area contributed by atoms with E-state index in [0.29, 0.717) is 29.2 Å². The van der Waals surface area contributed by atoms with Crippen LogP contribution in [-0.2, 0) is 9.53 Å². The average Bonchev–Trinajstić information content (AvgIpc) is 3.21. The molecule has 1 atom stereocenters. The molecule has 25 heavy (non-hydrogen) atoms.